The maximum Gasteiger partial charge on any atom is 0.338 e. The molecule has 0 bridgehead atoms. The summed E-state index contributed by atoms with van der Waals surface area (Å²) in [6, 6.07) is 6.98. The van der Waals surface area contributed by atoms with Crippen molar-refractivity contribution in [1.82, 2.24) is 14.9 Å². The monoisotopic (exact) mass is 410 g/mol. The molecule has 0 radical (unpaired) electrons. The Hall–Kier alpha value is -3.21. The number of rotatable bonds is 5. The number of aromatic nitrogens is 2. The summed E-state index contributed by atoms with van der Waals surface area (Å²) >= 11 is 0. The van der Waals surface area contributed by atoms with Gasteiger partial charge in [0.25, 0.3) is 11.5 Å². The third-order valence-electron chi connectivity index (χ3n) is 5.60. The van der Waals surface area contributed by atoms with Crippen molar-refractivity contribution in [3.63, 3.8) is 0 Å². The van der Waals surface area contributed by atoms with E-state index in [1.807, 2.05) is 6.92 Å². The number of nitrogens with zero attached hydrogens (tertiary/aromatic N) is 3. The van der Waals surface area contributed by atoms with E-state index in [-0.39, 0.29) is 11.1 Å². The van der Waals surface area contributed by atoms with Crippen molar-refractivity contribution in [1.29, 1.82) is 5.26 Å². The Balaban J connectivity index is 1.76. The van der Waals surface area contributed by atoms with Crippen LogP contribution >= 0.6 is 0 Å². The van der Waals surface area contributed by atoms with E-state index in [1.165, 1.54) is 6.92 Å². The molecule has 0 saturated heterocycles. The van der Waals surface area contributed by atoms with Gasteiger partial charge in [-0.05, 0) is 51.8 Å². The van der Waals surface area contributed by atoms with Crippen LogP contribution in [0.3, 0.4) is 0 Å². The first kappa shape index (κ1) is 21.5. The van der Waals surface area contributed by atoms with Crippen molar-refractivity contribution in [2.75, 3.05) is 0 Å². The van der Waals surface area contributed by atoms with Crippen LogP contribution in [0.1, 0.15) is 62.0 Å². The van der Waals surface area contributed by atoms with Crippen LogP contribution in [0.15, 0.2) is 23.0 Å². The molecular weight excluding hydrogens is 384 g/mol. The third kappa shape index (κ3) is 4.20. The highest BCUT2D eigenvalue weighted by Gasteiger charge is 2.35. The summed E-state index contributed by atoms with van der Waals surface area (Å²) < 4.78 is 6.92. The molecule has 1 heterocycles. The van der Waals surface area contributed by atoms with Gasteiger partial charge < -0.3 is 14.6 Å². The van der Waals surface area contributed by atoms with Crippen molar-refractivity contribution >= 4 is 22.9 Å². The molecule has 1 fully saturated rings. The van der Waals surface area contributed by atoms with Crippen LogP contribution in [-0.4, -0.2) is 33.1 Å². The van der Waals surface area contributed by atoms with Crippen LogP contribution in [0.25, 0.3) is 11.0 Å². The Morgan fingerprint density at radius 3 is 2.67 bits per heavy atom. The van der Waals surface area contributed by atoms with E-state index >= 15 is 0 Å². The van der Waals surface area contributed by atoms with E-state index in [1.54, 1.807) is 29.7 Å². The molecule has 1 aliphatic rings. The zero-order chi connectivity index (χ0) is 21.9. The van der Waals surface area contributed by atoms with E-state index in [9.17, 15) is 19.6 Å². The summed E-state index contributed by atoms with van der Waals surface area (Å²) in [6.45, 7) is 5.46. The van der Waals surface area contributed by atoms with E-state index < -0.39 is 23.5 Å². The highest BCUT2D eigenvalue weighted by Crippen LogP contribution is 2.27. The van der Waals surface area contributed by atoms with Crippen LogP contribution in [0, 0.1) is 18.3 Å². The fourth-order valence-electron chi connectivity index (χ4n) is 3.86. The topological polar surface area (TPSA) is 114 Å². The predicted octanol–water partition coefficient (Wildman–Crippen LogP) is 2.61. The standard InChI is InChI=1S/C22H26N4O4/c1-4-26-18-9-8-16(12-17(18)24-14(2)20(26)28)21(29)30-15(3)19(27)25-22(13-23)10-6-5-7-11-22/h8-9,12,15H,4-7,10-11H2,1-3H3,(H,25,27)/t15-/m1/s1. The number of fused-ring (bicyclic) bond motifs is 1. The molecule has 1 atom stereocenters. The third-order valence-corrected chi connectivity index (χ3v) is 5.60. The molecule has 30 heavy (non-hydrogen) atoms. The van der Waals surface area contributed by atoms with Crippen LogP contribution in [0.5, 0.6) is 0 Å². The molecular formula is C22H26N4O4. The minimum Gasteiger partial charge on any atom is -0.449 e. The van der Waals surface area contributed by atoms with Crippen molar-refractivity contribution in [2.24, 2.45) is 0 Å². The van der Waals surface area contributed by atoms with Gasteiger partial charge in [0.1, 0.15) is 11.2 Å². The van der Waals surface area contributed by atoms with Crippen molar-refractivity contribution in [2.45, 2.75) is 71.1 Å². The SMILES string of the molecule is CCn1c(=O)c(C)nc2cc(C(=O)O[C@H](C)C(=O)NC3(C#N)CCCCC3)ccc21. The summed E-state index contributed by atoms with van der Waals surface area (Å²) in [5.74, 6) is -1.15. The molecule has 158 valence electrons. The molecule has 0 aliphatic heterocycles. The second-order valence-electron chi connectivity index (χ2n) is 7.74. The number of carbonyl (C=O) groups excluding carboxylic acids is 2. The second-order valence-corrected chi connectivity index (χ2v) is 7.74. The Bertz CT molecular complexity index is 1080. The lowest BCUT2D eigenvalue weighted by Gasteiger charge is -2.32. The lowest BCUT2D eigenvalue weighted by atomic mass is 9.83. The Kier molecular flexibility index (Phi) is 6.20. The molecule has 1 saturated carbocycles. The first-order chi connectivity index (χ1) is 14.3. The van der Waals surface area contributed by atoms with Gasteiger partial charge in [-0.3, -0.25) is 9.59 Å². The maximum absolute atomic E-state index is 12.6. The number of nitrogens with one attached hydrogen (secondary N) is 1. The quantitative estimate of drug-likeness (QED) is 0.758. The molecule has 0 unspecified atom stereocenters. The van der Waals surface area contributed by atoms with E-state index in [2.05, 4.69) is 16.4 Å². The molecule has 8 nitrogen and oxygen atoms in total. The predicted molar refractivity (Wildman–Crippen MR) is 111 cm³/mol. The van der Waals surface area contributed by atoms with Crippen LogP contribution in [0.4, 0.5) is 0 Å². The van der Waals surface area contributed by atoms with Gasteiger partial charge in [0.05, 0.1) is 22.7 Å². The lowest BCUT2D eigenvalue weighted by molar-refractivity contribution is -0.130. The van der Waals surface area contributed by atoms with Crippen LogP contribution in [0.2, 0.25) is 0 Å². The first-order valence-corrected chi connectivity index (χ1v) is 10.3. The zero-order valence-corrected chi connectivity index (χ0v) is 17.5. The minimum atomic E-state index is -1.04. The van der Waals surface area contributed by atoms with Gasteiger partial charge in [-0.1, -0.05) is 19.3 Å². The van der Waals surface area contributed by atoms with Crippen LogP contribution < -0.4 is 10.9 Å². The number of hydrogen-bond donors (Lipinski definition) is 1. The number of aryl methyl sites for hydroxylation is 2. The van der Waals surface area contributed by atoms with Gasteiger partial charge in [-0.2, -0.15) is 5.26 Å². The van der Waals surface area contributed by atoms with Crippen LogP contribution in [-0.2, 0) is 16.1 Å². The number of esters is 1. The molecule has 8 heteroatoms. The van der Waals surface area contributed by atoms with Gasteiger partial charge in [0.15, 0.2) is 6.10 Å². The molecule has 1 amide bonds. The van der Waals surface area contributed by atoms with Gasteiger partial charge in [0.2, 0.25) is 0 Å². The van der Waals surface area contributed by atoms with E-state index in [0.29, 0.717) is 36.1 Å². The average molecular weight is 410 g/mol. The maximum atomic E-state index is 12.6. The normalized spacial score (nSPS) is 16.5. The molecule has 1 aliphatic carbocycles. The fourth-order valence-corrected chi connectivity index (χ4v) is 3.86. The number of carbonyl (C=O) groups is 2. The lowest BCUT2D eigenvalue weighted by Crippen LogP contribution is -2.52. The second kappa shape index (κ2) is 8.66. The molecule has 1 N–H and O–H groups in total. The van der Waals surface area contributed by atoms with E-state index in [4.69, 9.17) is 4.74 Å². The average Bonchev–Trinajstić information content (AvgIpc) is 2.74. The largest absolute Gasteiger partial charge is 0.449 e. The summed E-state index contributed by atoms with van der Waals surface area (Å²) in [5.41, 5.74) is 0.666. The molecule has 1 aromatic heterocycles. The molecule has 3 rings (SSSR count). The summed E-state index contributed by atoms with van der Waals surface area (Å²) in [7, 11) is 0. The van der Waals surface area contributed by atoms with Crippen molar-refractivity contribution in [3.8, 4) is 6.07 Å². The van der Waals surface area contributed by atoms with Gasteiger partial charge in [0, 0.05) is 6.54 Å². The number of ether oxygens (including phenoxy) is 1. The molecule has 2 aromatic rings. The fraction of sp³-hybridized carbons (Fsp3) is 0.500. The summed E-state index contributed by atoms with van der Waals surface area (Å²) in [4.78, 5) is 41.6. The minimum absolute atomic E-state index is 0.167. The number of benzene rings is 1. The van der Waals surface area contributed by atoms with Gasteiger partial charge in [-0.25, -0.2) is 9.78 Å². The number of amides is 1. The number of hydrogen-bond acceptors (Lipinski definition) is 6. The van der Waals surface area contributed by atoms with Crippen molar-refractivity contribution < 1.29 is 14.3 Å². The van der Waals surface area contributed by atoms with E-state index in [0.717, 1.165) is 19.3 Å². The van der Waals surface area contributed by atoms with Gasteiger partial charge in [-0.15, -0.1) is 0 Å². The Morgan fingerprint density at radius 1 is 1.33 bits per heavy atom. The molecule has 1 aromatic carbocycles. The first-order valence-electron chi connectivity index (χ1n) is 10.3. The smallest absolute Gasteiger partial charge is 0.338 e. The summed E-state index contributed by atoms with van der Waals surface area (Å²) in [5, 5.41) is 12.3. The Morgan fingerprint density at radius 2 is 2.03 bits per heavy atom. The molecule has 0 spiro atoms. The summed E-state index contributed by atoms with van der Waals surface area (Å²) in [6.07, 6.45) is 2.98. The van der Waals surface area contributed by atoms with Crippen molar-refractivity contribution in [3.05, 3.63) is 39.8 Å². The highest BCUT2D eigenvalue weighted by atomic mass is 16.5. The van der Waals surface area contributed by atoms with Gasteiger partial charge >= 0.3 is 5.97 Å². The Labute approximate surface area is 174 Å². The highest BCUT2D eigenvalue weighted by molar-refractivity contribution is 5.95. The number of nitriles is 1. The zero-order valence-electron chi connectivity index (χ0n) is 17.5.